The number of hydrogen-bond acceptors (Lipinski definition) is 4. The van der Waals surface area contributed by atoms with E-state index in [1.807, 2.05) is 24.3 Å². The molecule has 2 aromatic carbocycles. The van der Waals surface area contributed by atoms with Crippen molar-refractivity contribution in [2.45, 2.75) is 33.1 Å². The molecule has 152 valence electrons. The molecule has 0 saturated carbocycles. The lowest BCUT2D eigenvalue weighted by Gasteiger charge is -2.21. The molecule has 1 aliphatic rings. The van der Waals surface area contributed by atoms with E-state index in [0.717, 1.165) is 18.8 Å². The predicted octanol–water partition coefficient (Wildman–Crippen LogP) is 3.87. The summed E-state index contributed by atoms with van der Waals surface area (Å²) < 4.78 is 0. The molecule has 0 unspecified atom stereocenters. The van der Waals surface area contributed by atoms with Crippen LogP contribution in [0.2, 0.25) is 0 Å². The molecule has 2 aromatic rings. The molecule has 6 nitrogen and oxygen atoms in total. The van der Waals surface area contributed by atoms with Crippen molar-refractivity contribution in [3.05, 3.63) is 54.1 Å². The van der Waals surface area contributed by atoms with Crippen molar-refractivity contribution in [3.63, 3.8) is 0 Å². The Morgan fingerprint density at radius 2 is 1.55 bits per heavy atom. The quantitative estimate of drug-likeness (QED) is 0.725. The number of anilines is 3. The standard InChI is InChI=1S/C23H27N3O3/c1-17(27)19-5-9-22(10-6-19)26(18(2)28)16-13-23(29)24-20-7-11-21(12-8-20)25-14-3-4-15-25/h5-12H,3-4,13-16H2,1-2H3,(H,24,29). The lowest BCUT2D eigenvalue weighted by Crippen LogP contribution is -2.32. The van der Waals surface area contributed by atoms with Crippen molar-refractivity contribution < 1.29 is 14.4 Å². The van der Waals surface area contributed by atoms with Crippen LogP contribution in [0.25, 0.3) is 0 Å². The van der Waals surface area contributed by atoms with E-state index in [2.05, 4.69) is 10.2 Å². The normalized spacial score (nSPS) is 13.2. The van der Waals surface area contributed by atoms with Crippen molar-refractivity contribution in [1.82, 2.24) is 0 Å². The van der Waals surface area contributed by atoms with Gasteiger partial charge in [-0.3, -0.25) is 14.4 Å². The van der Waals surface area contributed by atoms with Gasteiger partial charge in [0.2, 0.25) is 11.8 Å². The third-order valence-corrected chi connectivity index (χ3v) is 5.15. The van der Waals surface area contributed by atoms with E-state index in [0.29, 0.717) is 11.3 Å². The average Bonchev–Trinajstić information content (AvgIpc) is 3.23. The van der Waals surface area contributed by atoms with Gasteiger partial charge in [-0.05, 0) is 68.3 Å². The maximum absolute atomic E-state index is 12.4. The van der Waals surface area contributed by atoms with Crippen molar-refractivity contribution >= 4 is 34.7 Å². The first-order valence-electron chi connectivity index (χ1n) is 9.98. The summed E-state index contributed by atoms with van der Waals surface area (Å²) in [6.45, 7) is 5.40. The number of carbonyl (C=O) groups excluding carboxylic acids is 3. The van der Waals surface area contributed by atoms with E-state index in [9.17, 15) is 14.4 Å². The Morgan fingerprint density at radius 3 is 2.10 bits per heavy atom. The van der Waals surface area contributed by atoms with Crippen molar-refractivity contribution in [2.75, 3.05) is 34.8 Å². The number of amides is 2. The molecular formula is C23H27N3O3. The van der Waals surface area contributed by atoms with Gasteiger partial charge in [0.15, 0.2) is 5.78 Å². The van der Waals surface area contributed by atoms with Crippen molar-refractivity contribution in [2.24, 2.45) is 0 Å². The molecule has 0 atom stereocenters. The smallest absolute Gasteiger partial charge is 0.226 e. The van der Waals surface area contributed by atoms with E-state index in [4.69, 9.17) is 0 Å². The molecular weight excluding hydrogens is 366 g/mol. The molecule has 29 heavy (non-hydrogen) atoms. The SMILES string of the molecule is CC(=O)c1ccc(N(CCC(=O)Nc2ccc(N3CCCC3)cc2)C(C)=O)cc1. The highest BCUT2D eigenvalue weighted by molar-refractivity contribution is 5.97. The molecule has 0 spiro atoms. The Labute approximate surface area is 171 Å². The van der Waals surface area contributed by atoms with E-state index >= 15 is 0 Å². The van der Waals surface area contributed by atoms with Gasteiger partial charge in [0.1, 0.15) is 0 Å². The molecule has 3 rings (SSSR count). The van der Waals surface area contributed by atoms with Gasteiger partial charge in [-0.15, -0.1) is 0 Å². The molecule has 0 aromatic heterocycles. The summed E-state index contributed by atoms with van der Waals surface area (Å²) in [5.74, 6) is -0.324. The molecule has 1 saturated heterocycles. The monoisotopic (exact) mass is 393 g/mol. The number of rotatable bonds is 7. The van der Waals surface area contributed by atoms with Gasteiger partial charge in [-0.1, -0.05) is 0 Å². The maximum atomic E-state index is 12.4. The molecule has 0 radical (unpaired) electrons. The molecule has 6 heteroatoms. The zero-order valence-electron chi connectivity index (χ0n) is 17.0. The maximum Gasteiger partial charge on any atom is 0.226 e. The lowest BCUT2D eigenvalue weighted by molar-refractivity contribution is -0.117. The second kappa shape index (κ2) is 9.37. The average molecular weight is 393 g/mol. The molecule has 1 heterocycles. The third-order valence-electron chi connectivity index (χ3n) is 5.15. The summed E-state index contributed by atoms with van der Waals surface area (Å²) in [5, 5.41) is 2.89. The Kier molecular flexibility index (Phi) is 6.65. The first-order valence-corrected chi connectivity index (χ1v) is 9.98. The van der Waals surface area contributed by atoms with Crippen LogP contribution in [-0.4, -0.2) is 37.2 Å². The molecule has 1 N–H and O–H groups in total. The summed E-state index contributed by atoms with van der Waals surface area (Å²) in [6.07, 6.45) is 2.63. The third kappa shape index (κ3) is 5.44. The molecule has 1 aliphatic heterocycles. The summed E-state index contributed by atoms with van der Waals surface area (Å²) >= 11 is 0. The topological polar surface area (TPSA) is 69.7 Å². The molecule has 0 aliphatic carbocycles. The number of Topliss-reactive ketones (excluding diaryl/α,β-unsaturated/α-hetero) is 1. The van der Waals surface area contributed by atoms with Crippen LogP contribution in [0.3, 0.4) is 0 Å². The van der Waals surface area contributed by atoms with Crippen LogP contribution < -0.4 is 15.1 Å². The fourth-order valence-electron chi connectivity index (χ4n) is 3.51. The van der Waals surface area contributed by atoms with Gasteiger partial charge in [0.25, 0.3) is 0 Å². The van der Waals surface area contributed by atoms with Gasteiger partial charge in [-0.25, -0.2) is 0 Å². The Morgan fingerprint density at radius 1 is 0.931 bits per heavy atom. The summed E-state index contributed by atoms with van der Waals surface area (Å²) in [6, 6.07) is 14.7. The minimum atomic E-state index is -0.150. The van der Waals surface area contributed by atoms with Gasteiger partial charge in [0.05, 0.1) is 0 Å². The van der Waals surface area contributed by atoms with Crippen LogP contribution in [0.1, 0.15) is 43.5 Å². The minimum Gasteiger partial charge on any atom is -0.372 e. The zero-order valence-corrected chi connectivity index (χ0v) is 17.0. The van der Waals surface area contributed by atoms with Gasteiger partial charge >= 0.3 is 0 Å². The first-order chi connectivity index (χ1) is 13.9. The summed E-state index contributed by atoms with van der Waals surface area (Å²) in [4.78, 5) is 39.7. The number of ketones is 1. The van der Waals surface area contributed by atoms with Crippen molar-refractivity contribution in [1.29, 1.82) is 0 Å². The fourth-order valence-corrected chi connectivity index (χ4v) is 3.51. The second-order valence-corrected chi connectivity index (χ2v) is 7.31. The number of nitrogens with zero attached hydrogens (tertiary/aromatic N) is 2. The zero-order chi connectivity index (χ0) is 20.8. The van der Waals surface area contributed by atoms with Gasteiger partial charge in [-0.2, -0.15) is 0 Å². The predicted molar refractivity (Wildman–Crippen MR) is 116 cm³/mol. The van der Waals surface area contributed by atoms with Crippen LogP contribution in [0, 0.1) is 0 Å². The number of benzene rings is 2. The van der Waals surface area contributed by atoms with Crippen LogP contribution >= 0.6 is 0 Å². The second-order valence-electron chi connectivity index (χ2n) is 7.31. The highest BCUT2D eigenvalue weighted by Gasteiger charge is 2.15. The highest BCUT2D eigenvalue weighted by Crippen LogP contribution is 2.22. The summed E-state index contributed by atoms with van der Waals surface area (Å²) in [7, 11) is 0. The minimum absolute atomic E-state index is 0.0268. The van der Waals surface area contributed by atoms with E-state index < -0.39 is 0 Å². The first kappa shape index (κ1) is 20.6. The number of carbonyl (C=O) groups is 3. The van der Waals surface area contributed by atoms with Crippen LogP contribution in [-0.2, 0) is 9.59 Å². The Bertz CT molecular complexity index is 869. The molecule has 2 amide bonds. The van der Waals surface area contributed by atoms with Crippen LogP contribution in [0.4, 0.5) is 17.1 Å². The van der Waals surface area contributed by atoms with Crippen molar-refractivity contribution in [3.8, 4) is 0 Å². The van der Waals surface area contributed by atoms with Gasteiger partial charge < -0.3 is 15.1 Å². The Hall–Kier alpha value is -3.15. The molecule has 1 fully saturated rings. The van der Waals surface area contributed by atoms with Crippen LogP contribution in [0.5, 0.6) is 0 Å². The largest absolute Gasteiger partial charge is 0.372 e. The van der Waals surface area contributed by atoms with Gasteiger partial charge in [0, 0.05) is 55.6 Å². The summed E-state index contributed by atoms with van der Waals surface area (Å²) in [5.41, 5.74) is 3.19. The number of nitrogens with one attached hydrogen (secondary N) is 1. The van der Waals surface area contributed by atoms with E-state index in [1.54, 1.807) is 29.2 Å². The van der Waals surface area contributed by atoms with Crippen LogP contribution in [0.15, 0.2) is 48.5 Å². The Balaban J connectivity index is 1.56. The molecule has 0 bridgehead atoms. The van der Waals surface area contributed by atoms with E-state index in [1.165, 1.54) is 32.4 Å². The lowest BCUT2D eigenvalue weighted by atomic mass is 10.1. The van der Waals surface area contributed by atoms with E-state index in [-0.39, 0.29) is 30.6 Å². The number of hydrogen-bond donors (Lipinski definition) is 1. The highest BCUT2D eigenvalue weighted by atomic mass is 16.2. The fraction of sp³-hybridized carbons (Fsp3) is 0.348.